The van der Waals surface area contributed by atoms with Crippen molar-refractivity contribution in [3.63, 3.8) is 0 Å². The molecule has 0 saturated heterocycles. The molecule has 2 rings (SSSR count). The van der Waals surface area contributed by atoms with Gasteiger partial charge in [-0.25, -0.2) is 0 Å². The lowest BCUT2D eigenvalue weighted by atomic mass is 10.1. The highest BCUT2D eigenvalue weighted by molar-refractivity contribution is 5.88. The Bertz CT molecular complexity index is 247. The van der Waals surface area contributed by atoms with Crippen molar-refractivity contribution in [2.75, 3.05) is 0 Å². The third-order valence-electron chi connectivity index (χ3n) is 2.66. The van der Waals surface area contributed by atoms with E-state index in [4.69, 9.17) is 4.84 Å². The van der Waals surface area contributed by atoms with E-state index in [0.29, 0.717) is 12.0 Å². The van der Waals surface area contributed by atoms with Gasteiger partial charge < -0.3 is 0 Å². The second kappa shape index (κ2) is 3.50. The fourth-order valence-electron chi connectivity index (χ4n) is 1.60. The lowest BCUT2D eigenvalue weighted by molar-refractivity contribution is 0.0181. The van der Waals surface area contributed by atoms with Crippen LogP contribution in [0, 0.1) is 5.92 Å². The predicted molar refractivity (Wildman–Crippen MR) is 52.4 cm³/mol. The summed E-state index contributed by atoms with van der Waals surface area (Å²) in [5, 5.41) is 0. The SMILES string of the molecule is CCC(C)ONC1=NC2C=CC1C2. The molecule has 1 heterocycles. The fraction of sp³-hybridized carbons (Fsp3) is 0.700. The molecule has 1 aliphatic carbocycles. The first-order valence-electron chi connectivity index (χ1n) is 4.97. The lowest BCUT2D eigenvalue weighted by Crippen LogP contribution is -2.31. The summed E-state index contributed by atoms with van der Waals surface area (Å²) in [7, 11) is 0. The number of nitrogens with one attached hydrogen (secondary N) is 1. The molecule has 2 aliphatic rings. The van der Waals surface area contributed by atoms with E-state index in [1.54, 1.807) is 0 Å². The Hall–Kier alpha value is -0.830. The molecule has 3 heteroatoms. The van der Waals surface area contributed by atoms with E-state index in [-0.39, 0.29) is 6.10 Å². The number of dihydropyridines is 1. The monoisotopic (exact) mass is 180 g/mol. The first-order valence-corrected chi connectivity index (χ1v) is 4.97. The molecule has 0 aromatic heterocycles. The minimum atomic E-state index is 0.255. The summed E-state index contributed by atoms with van der Waals surface area (Å²) < 4.78 is 0. The van der Waals surface area contributed by atoms with Gasteiger partial charge in [0.25, 0.3) is 0 Å². The van der Waals surface area contributed by atoms with Crippen molar-refractivity contribution < 1.29 is 4.84 Å². The summed E-state index contributed by atoms with van der Waals surface area (Å²) in [5.74, 6) is 1.49. The number of fused-ring (bicyclic) bond motifs is 2. The summed E-state index contributed by atoms with van der Waals surface area (Å²) in [4.78, 5) is 9.87. The van der Waals surface area contributed by atoms with Crippen LogP contribution in [0.1, 0.15) is 26.7 Å². The van der Waals surface area contributed by atoms with Crippen molar-refractivity contribution in [2.24, 2.45) is 10.9 Å². The zero-order valence-electron chi connectivity index (χ0n) is 8.16. The third kappa shape index (κ3) is 1.75. The Morgan fingerprint density at radius 3 is 3.08 bits per heavy atom. The lowest BCUT2D eigenvalue weighted by Gasteiger charge is -2.14. The number of hydrogen-bond donors (Lipinski definition) is 1. The summed E-state index contributed by atoms with van der Waals surface area (Å²) in [6.45, 7) is 4.16. The highest BCUT2D eigenvalue weighted by Crippen LogP contribution is 2.28. The zero-order valence-corrected chi connectivity index (χ0v) is 8.16. The van der Waals surface area contributed by atoms with Crippen LogP contribution in [0.3, 0.4) is 0 Å². The Morgan fingerprint density at radius 1 is 1.69 bits per heavy atom. The molecule has 0 spiro atoms. The van der Waals surface area contributed by atoms with Gasteiger partial charge in [0.2, 0.25) is 0 Å². The molecule has 3 nitrogen and oxygen atoms in total. The molecule has 0 radical (unpaired) electrons. The van der Waals surface area contributed by atoms with Crippen molar-refractivity contribution in [1.29, 1.82) is 0 Å². The van der Waals surface area contributed by atoms with E-state index < -0.39 is 0 Å². The quantitative estimate of drug-likeness (QED) is 0.529. The van der Waals surface area contributed by atoms with Gasteiger partial charge in [-0.1, -0.05) is 19.1 Å². The van der Waals surface area contributed by atoms with Crippen LogP contribution in [0.15, 0.2) is 17.1 Å². The zero-order chi connectivity index (χ0) is 9.26. The van der Waals surface area contributed by atoms with Crippen LogP contribution in [-0.2, 0) is 4.84 Å². The summed E-state index contributed by atoms with van der Waals surface area (Å²) in [5.41, 5.74) is 2.96. The van der Waals surface area contributed by atoms with E-state index in [2.05, 4.69) is 36.5 Å². The normalized spacial score (nSPS) is 32.0. The topological polar surface area (TPSA) is 33.6 Å². The van der Waals surface area contributed by atoms with Crippen LogP contribution in [-0.4, -0.2) is 18.0 Å². The minimum absolute atomic E-state index is 0.255. The Morgan fingerprint density at radius 2 is 2.54 bits per heavy atom. The largest absolute Gasteiger partial charge is 0.272 e. The van der Waals surface area contributed by atoms with Crippen molar-refractivity contribution in [1.82, 2.24) is 5.48 Å². The molecule has 0 saturated carbocycles. The third-order valence-corrected chi connectivity index (χ3v) is 2.66. The maximum atomic E-state index is 5.41. The maximum absolute atomic E-state index is 5.41. The smallest absolute Gasteiger partial charge is 0.128 e. The summed E-state index contributed by atoms with van der Waals surface area (Å²) in [6, 6.07) is 0.410. The van der Waals surface area contributed by atoms with Gasteiger partial charge in [-0.05, 0) is 19.8 Å². The van der Waals surface area contributed by atoms with E-state index in [9.17, 15) is 0 Å². The van der Waals surface area contributed by atoms with E-state index in [1.807, 2.05) is 0 Å². The number of hydrogen-bond acceptors (Lipinski definition) is 3. The van der Waals surface area contributed by atoms with Crippen LogP contribution >= 0.6 is 0 Å². The average Bonchev–Trinajstić information content (AvgIpc) is 2.74. The average molecular weight is 180 g/mol. The molecule has 3 unspecified atom stereocenters. The van der Waals surface area contributed by atoms with Crippen LogP contribution in [0.25, 0.3) is 0 Å². The van der Waals surface area contributed by atoms with Crippen molar-refractivity contribution in [3.8, 4) is 0 Å². The first kappa shape index (κ1) is 8.75. The summed E-state index contributed by atoms with van der Waals surface area (Å²) >= 11 is 0. The maximum Gasteiger partial charge on any atom is 0.128 e. The number of nitrogens with zero attached hydrogens (tertiary/aromatic N) is 1. The van der Waals surface area contributed by atoms with Crippen molar-refractivity contribution >= 4 is 5.84 Å². The Balaban J connectivity index is 1.81. The minimum Gasteiger partial charge on any atom is -0.272 e. The molecular weight excluding hydrogens is 164 g/mol. The molecular formula is C10H16N2O. The second-order valence-corrected chi connectivity index (χ2v) is 3.75. The van der Waals surface area contributed by atoms with Crippen LogP contribution in [0.2, 0.25) is 0 Å². The molecule has 72 valence electrons. The molecule has 2 bridgehead atoms. The highest BCUT2D eigenvalue weighted by Gasteiger charge is 2.30. The number of hydroxylamine groups is 1. The molecule has 0 fully saturated rings. The molecule has 0 amide bonds. The molecule has 1 N–H and O–H groups in total. The van der Waals surface area contributed by atoms with Crippen LogP contribution in [0.5, 0.6) is 0 Å². The van der Waals surface area contributed by atoms with E-state index in [1.165, 1.54) is 0 Å². The van der Waals surface area contributed by atoms with Gasteiger partial charge in [0.15, 0.2) is 0 Å². The van der Waals surface area contributed by atoms with Gasteiger partial charge in [-0.2, -0.15) is 0 Å². The molecule has 1 aliphatic heterocycles. The van der Waals surface area contributed by atoms with Gasteiger partial charge in [0, 0.05) is 5.92 Å². The predicted octanol–water partition coefficient (Wildman–Crippen LogP) is 1.66. The van der Waals surface area contributed by atoms with Crippen LogP contribution < -0.4 is 5.48 Å². The summed E-state index contributed by atoms with van der Waals surface area (Å²) in [6.07, 6.45) is 6.78. The highest BCUT2D eigenvalue weighted by atomic mass is 16.7. The van der Waals surface area contributed by atoms with Crippen molar-refractivity contribution in [2.45, 2.75) is 38.8 Å². The van der Waals surface area contributed by atoms with Gasteiger partial charge in [-0.3, -0.25) is 15.3 Å². The molecule has 3 atom stereocenters. The van der Waals surface area contributed by atoms with Crippen LogP contribution in [0.4, 0.5) is 0 Å². The molecule has 0 aromatic rings. The van der Waals surface area contributed by atoms with Gasteiger partial charge >= 0.3 is 0 Å². The van der Waals surface area contributed by atoms with Gasteiger partial charge in [-0.15, -0.1) is 0 Å². The van der Waals surface area contributed by atoms with E-state index in [0.717, 1.165) is 18.7 Å². The fourth-order valence-corrected chi connectivity index (χ4v) is 1.60. The van der Waals surface area contributed by atoms with Gasteiger partial charge in [0.05, 0.1) is 12.1 Å². The number of rotatable bonds is 3. The molecule has 0 aromatic carbocycles. The Labute approximate surface area is 78.8 Å². The Kier molecular flexibility index (Phi) is 2.36. The number of aliphatic imine (C=N–C) groups is 1. The molecule has 13 heavy (non-hydrogen) atoms. The first-order chi connectivity index (χ1) is 6.29. The standard InChI is InChI=1S/C10H16N2O/c1-3-7(2)13-12-10-8-4-5-9(6-8)11-10/h4-5,7-9H,3,6H2,1-2H3,(H,11,12). The number of amidine groups is 1. The van der Waals surface area contributed by atoms with E-state index >= 15 is 0 Å². The van der Waals surface area contributed by atoms with Gasteiger partial charge in [0.1, 0.15) is 5.84 Å². The van der Waals surface area contributed by atoms with Crippen molar-refractivity contribution in [3.05, 3.63) is 12.2 Å². The second-order valence-electron chi connectivity index (χ2n) is 3.75.